The molecule has 0 amide bonds. The van der Waals surface area contributed by atoms with Crippen LogP contribution in [0.25, 0.3) is 0 Å². The van der Waals surface area contributed by atoms with E-state index in [1.165, 1.54) is 6.26 Å². The minimum atomic E-state index is -6.09. The Morgan fingerprint density at radius 2 is 1.42 bits per heavy atom. The normalized spacial score (nSPS) is 13.7. The fourth-order valence-corrected chi connectivity index (χ4v) is 2.60. The largest absolute Gasteiger partial charge is 0.435 e. The molecule has 1 aromatic rings. The molecule has 0 fully saturated rings. The minimum Gasteiger partial charge on any atom is -0.218 e. The zero-order valence-corrected chi connectivity index (χ0v) is 11.6. The number of thioether (sulfide) groups is 1. The lowest BCUT2D eigenvalue weighted by Gasteiger charge is -2.30. The quantitative estimate of drug-likeness (QED) is 0.492. The van der Waals surface area contributed by atoms with E-state index in [-0.39, 0.29) is 9.37 Å². The molecule has 1 aromatic carbocycles. The first-order chi connectivity index (χ1) is 8.45. The van der Waals surface area contributed by atoms with Gasteiger partial charge in [0.2, 0.25) is 0 Å². The number of hydrogen-bond acceptors (Lipinski definition) is 1. The summed E-state index contributed by atoms with van der Waals surface area (Å²) in [6.45, 7) is 0. The van der Waals surface area contributed by atoms with E-state index < -0.39 is 23.6 Å². The number of halogens is 8. The van der Waals surface area contributed by atoms with Crippen molar-refractivity contribution in [3.8, 4) is 0 Å². The van der Waals surface area contributed by atoms with Crippen LogP contribution in [0, 0.1) is 0 Å². The minimum absolute atomic E-state index is 0.0769. The molecular weight excluding hydrogens is 365 g/mol. The van der Waals surface area contributed by atoms with Gasteiger partial charge in [-0.25, -0.2) is 4.39 Å². The highest BCUT2D eigenvalue weighted by Gasteiger charge is 2.73. The Balaban J connectivity index is 3.52. The van der Waals surface area contributed by atoms with Crippen molar-refractivity contribution in [1.29, 1.82) is 0 Å². The molecule has 9 heteroatoms. The zero-order chi connectivity index (χ0) is 15.1. The van der Waals surface area contributed by atoms with Crippen LogP contribution < -0.4 is 0 Å². The van der Waals surface area contributed by atoms with Gasteiger partial charge in [-0.1, -0.05) is 6.07 Å². The summed E-state index contributed by atoms with van der Waals surface area (Å²) >= 11 is 3.85. The molecule has 0 atom stereocenters. The van der Waals surface area contributed by atoms with E-state index in [0.717, 1.165) is 17.8 Å². The van der Waals surface area contributed by atoms with Crippen LogP contribution in [0.15, 0.2) is 27.6 Å². The van der Waals surface area contributed by atoms with Crippen molar-refractivity contribution in [2.75, 3.05) is 6.26 Å². The van der Waals surface area contributed by atoms with E-state index in [4.69, 9.17) is 0 Å². The SMILES string of the molecule is CSc1cc(C(F)(C(F)(F)F)C(F)(F)F)ccc1Br. The maximum absolute atomic E-state index is 13.7. The number of alkyl halides is 7. The Bertz CT molecular complexity index is 452. The molecule has 0 unspecified atom stereocenters. The summed E-state index contributed by atoms with van der Waals surface area (Å²) in [7, 11) is 0. The highest BCUT2D eigenvalue weighted by atomic mass is 79.9. The van der Waals surface area contributed by atoms with Gasteiger partial charge in [0.25, 0.3) is 0 Å². The fraction of sp³-hybridized carbons (Fsp3) is 0.400. The van der Waals surface area contributed by atoms with Crippen molar-refractivity contribution in [3.05, 3.63) is 28.2 Å². The molecule has 1 rings (SSSR count). The summed E-state index contributed by atoms with van der Waals surface area (Å²) < 4.78 is 89.1. The van der Waals surface area contributed by atoms with E-state index in [2.05, 4.69) is 15.9 Å². The first-order valence-electron chi connectivity index (χ1n) is 4.61. The van der Waals surface area contributed by atoms with Crippen LogP contribution in [-0.2, 0) is 5.67 Å². The third-order valence-electron chi connectivity index (χ3n) is 2.33. The van der Waals surface area contributed by atoms with Crippen molar-refractivity contribution in [1.82, 2.24) is 0 Å². The first-order valence-corrected chi connectivity index (χ1v) is 6.63. The predicted molar refractivity (Wildman–Crippen MR) is 60.8 cm³/mol. The molecule has 0 radical (unpaired) electrons. The van der Waals surface area contributed by atoms with Crippen molar-refractivity contribution in [2.45, 2.75) is 22.9 Å². The van der Waals surface area contributed by atoms with Gasteiger partial charge >= 0.3 is 18.0 Å². The lowest BCUT2D eigenvalue weighted by molar-refractivity contribution is -0.348. The Hall–Kier alpha value is -0.440. The molecule has 0 aliphatic carbocycles. The van der Waals surface area contributed by atoms with Crippen LogP contribution in [-0.4, -0.2) is 18.6 Å². The Morgan fingerprint density at radius 3 is 1.79 bits per heavy atom. The van der Waals surface area contributed by atoms with Crippen LogP contribution in [0.5, 0.6) is 0 Å². The van der Waals surface area contributed by atoms with Crippen molar-refractivity contribution in [3.63, 3.8) is 0 Å². The average molecular weight is 371 g/mol. The van der Waals surface area contributed by atoms with E-state index in [0.29, 0.717) is 12.1 Å². The molecule has 0 saturated carbocycles. The number of rotatable bonds is 2. The summed E-state index contributed by atoms with van der Waals surface area (Å²) in [4.78, 5) is 0.0769. The van der Waals surface area contributed by atoms with Gasteiger partial charge in [-0.05, 0) is 34.3 Å². The predicted octanol–water partition coefficient (Wildman–Crippen LogP) is 5.46. The van der Waals surface area contributed by atoms with Crippen LogP contribution in [0.2, 0.25) is 0 Å². The maximum atomic E-state index is 13.7. The average Bonchev–Trinajstić information content (AvgIpc) is 2.25. The molecule has 0 nitrogen and oxygen atoms in total. The van der Waals surface area contributed by atoms with Gasteiger partial charge in [-0.3, -0.25) is 0 Å². The van der Waals surface area contributed by atoms with Gasteiger partial charge in [0.05, 0.1) is 0 Å². The summed E-state index contributed by atoms with van der Waals surface area (Å²) in [5.41, 5.74) is -6.87. The monoisotopic (exact) mass is 370 g/mol. The molecule has 0 spiro atoms. The van der Waals surface area contributed by atoms with Crippen LogP contribution in [0.4, 0.5) is 30.7 Å². The molecule has 0 aliphatic heterocycles. The molecule has 108 valence electrons. The van der Waals surface area contributed by atoms with Crippen LogP contribution >= 0.6 is 27.7 Å². The topological polar surface area (TPSA) is 0 Å². The van der Waals surface area contributed by atoms with Crippen molar-refractivity contribution >= 4 is 27.7 Å². The van der Waals surface area contributed by atoms with Crippen LogP contribution in [0.1, 0.15) is 5.56 Å². The third kappa shape index (κ3) is 2.86. The Morgan fingerprint density at radius 1 is 0.947 bits per heavy atom. The lowest BCUT2D eigenvalue weighted by Crippen LogP contribution is -2.50. The van der Waals surface area contributed by atoms with Gasteiger partial charge in [-0.15, -0.1) is 11.8 Å². The lowest BCUT2D eigenvalue weighted by atomic mass is 9.94. The van der Waals surface area contributed by atoms with Gasteiger partial charge < -0.3 is 0 Å². The highest BCUT2D eigenvalue weighted by molar-refractivity contribution is 9.10. The summed E-state index contributed by atoms with van der Waals surface area (Å²) in [6.07, 6.45) is -10.7. The molecule has 0 aliphatic rings. The van der Waals surface area contributed by atoms with Gasteiger partial charge in [-0.2, -0.15) is 26.3 Å². The zero-order valence-electron chi connectivity index (χ0n) is 9.16. The van der Waals surface area contributed by atoms with E-state index in [9.17, 15) is 30.7 Å². The molecule has 0 saturated heterocycles. The summed E-state index contributed by atoms with van der Waals surface area (Å²) in [5.74, 6) is 0. The second kappa shape index (κ2) is 5.16. The highest BCUT2D eigenvalue weighted by Crippen LogP contribution is 2.53. The van der Waals surface area contributed by atoms with Crippen molar-refractivity contribution in [2.24, 2.45) is 0 Å². The first kappa shape index (κ1) is 16.6. The summed E-state index contributed by atoms with van der Waals surface area (Å²) in [5, 5.41) is 0. The smallest absolute Gasteiger partial charge is 0.218 e. The molecule has 0 N–H and O–H groups in total. The van der Waals surface area contributed by atoms with Gasteiger partial charge in [0.15, 0.2) is 0 Å². The van der Waals surface area contributed by atoms with Gasteiger partial charge in [0.1, 0.15) is 0 Å². The van der Waals surface area contributed by atoms with E-state index >= 15 is 0 Å². The standard InChI is InChI=1S/C10H6BrF7S/c1-19-7-4-5(2-3-6(7)11)8(12,9(13,14)15)10(16,17)18/h2-4H,1H3. The second-order valence-corrected chi connectivity index (χ2v) is 5.21. The van der Waals surface area contributed by atoms with E-state index in [1.807, 2.05) is 0 Å². The molecule has 0 heterocycles. The summed E-state index contributed by atoms with van der Waals surface area (Å²) in [6, 6.07) is 1.95. The maximum Gasteiger partial charge on any atom is 0.435 e. The Kier molecular flexibility index (Phi) is 4.51. The van der Waals surface area contributed by atoms with E-state index in [1.54, 1.807) is 0 Å². The van der Waals surface area contributed by atoms with Crippen LogP contribution in [0.3, 0.4) is 0 Å². The second-order valence-electron chi connectivity index (χ2n) is 3.50. The Labute approximate surface area is 116 Å². The fourth-order valence-electron chi connectivity index (χ4n) is 1.36. The third-order valence-corrected chi connectivity index (χ3v) is 4.06. The number of benzene rings is 1. The molecule has 0 aromatic heterocycles. The molecular formula is C10H6BrF7S. The molecule has 0 bridgehead atoms. The van der Waals surface area contributed by atoms with Crippen molar-refractivity contribution < 1.29 is 30.7 Å². The number of hydrogen-bond donors (Lipinski definition) is 0. The molecule has 19 heavy (non-hydrogen) atoms. The van der Waals surface area contributed by atoms with Gasteiger partial charge in [0, 0.05) is 14.9 Å².